The molecule has 0 aliphatic heterocycles. The van der Waals surface area contributed by atoms with E-state index in [1.165, 1.54) is 18.2 Å². The molecule has 104 valence electrons. The summed E-state index contributed by atoms with van der Waals surface area (Å²) < 4.78 is 0. The molecule has 0 saturated heterocycles. The summed E-state index contributed by atoms with van der Waals surface area (Å²) in [7, 11) is 0. The first-order valence-corrected chi connectivity index (χ1v) is 6.34. The van der Waals surface area contributed by atoms with Crippen LogP contribution < -0.4 is 5.73 Å². The zero-order valence-corrected chi connectivity index (χ0v) is 11.3. The number of nitrogens with two attached hydrogens (primary N) is 1. The second-order valence-corrected chi connectivity index (χ2v) is 4.27. The highest BCUT2D eigenvalue weighted by atomic mass is 16.6. The number of hydrogen-bond acceptors (Lipinski definition) is 4. The van der Waals surface area contributed by atoms with E-state index >= 15 is 0 Å². The fraction of sp³-hybridized carbons (Fsp3) is 0.462. The summed E-state index contributed by atoms with van der Waals surface area (Å²) in [4.78, 5) is 24.1. The second-order valence-electron chi connectivity index (χ2n) is 4.27. The van der Waals surface area contributed by atoms with E-state index in [2.05, 4.69) is 0 Å². The monoisotopic (exact) mass is 265 g/mol. The number of anilines is 1. The van der Waals surface area contributed by atoms with Crippen LogP contribution in [0.5, 0.6) is 0 Å². The van der Waals surface area contributed by atoms with Crippen LogP contribution in [0.2, 0.25) is 0 Å². The SMILES string of the molecule is CCCCN(CC)C(=O)c1ccc(N)c([N+](=O)[O-])c1. The van der Waals surface area contributed by atoms with Crippen LogP contribution in [0.1, 0.15) is 37.0 Å². The molecule has 0 atom stereocenters. The Hall–Kier alpha value is -2.11. The van der Waals surface area contributed by atoms with Crippen LogP contribution in [-0.4, -0.2) is 28.8 Å². The Bertz CT molecular complexity index is 474. The van der Waals surface area contributed by atoms with Gasteiger partial charge in [-0.1, -0.05) is 13.3 Å². The van der Waals surface area contributed by atoms with Crippen LogP contribution in [0.4, 0.5) is 11.4 Å². The molecule has 0 heterocycles. The predicted molar refractivity (Wildman–Crippen MR) is 74.0 cm³/mol. The van der Waals surface area contributed by atoms with E-state index in [1.807, 2.05) is 13.8 Å². The fourth-order valence-corrected chi connectivity index (χ4v) is 1.77. The van der Waals surface area contributed by atoms with Crippen molar-refractivity contribution in [2.75, 3.05) is 18.8 Å². The van der Waals surface area contributed by atoms with Crippen molar-refractivity contribution in [1.29, 1.82) is 0 Å². The molecule has 0 aliphatic carbocycles. The van der Waals surface area contributed by atoms with Gasteiger partial charge in [0.15, 0.2) is 0 Å². The molecular weight excluding hydrogens is 246 g/mol. The molecule has 19 heavy (non-hydrogen) atoms. The Morgan fingerprint density at radius 2 is 2.11 bits per heavy atom. The first-order chi connectivity index (χ1) is 9.01. The first kappa shape index (κ1) is 14.9. The van der Waals surface area contributed by atoms with Gasteiger partial charge < -0.3 is 10.6 Å². The summed E-state index contributed by atoms with van der Waals surface area (Å²) in [6.45, 7) is 5.17. The molecule has 0 spiro atoms. The van der Waals surface area contributed by atoms with Gasteiger partial charge in [-0.2, -0.15) is 0 Å². The lowest BCUT2D eigenvalue weighted by Crippen LogP contribution is -2.31. The molecule has 0 aliphatic rings. The number of nitrogen functional groups attached to an aromatic ring is 1. The number of nitrogens with zero attached hydrogens (tertiary/aromatic N) is 2. The Labute approximate surface area is 112 Å². The van der Waals surface area contributed by atoms with Gasteiger partial charge >= 0.3 is 0 Å². The molecule has 6 heteroatoms. The molecule has 0 radical (unpaired) electrons. The summed E-state index contributed by atoms with van der Waals surface area (Å²) >= 11 is 0. The first-order valence-electron chi connectivity index (χ1n) is 6.34. The van der Waals surface area contributed by atoms with Gasteiger partial charge in [-0.3, -0.25) is 14.9 Å². The number of carbonyl (C=O) groups is 1. The standard InChI is InChI=1S/C13H19N3O3/c1-3-5-8-15(4-2)13(17)10-6-7-11(14)12(9-10)16(18)19/h6-7,9H,3-5,8,14H2,1-2H3. The molecule has 1 amide bonds. The van der Waals surface area contributed by atoms with Crippen LogP contribution >= 0.6 is 0 Å². The third-order valence-electron chi connectivity index (χ3n) is 2.92. The number of amides is 1. The Morgan fingerprint density at radius 1 is 1.42 bits per heavy atom. The predicted octanol–water partition coefficient (Wildman–Crippen LogP) is 2.44. The van der Waals surface area contributed by atoms with Crippen molar-refractivity contribution in [2.24, 2.45) is 0 Å². The van der Waals surface area contributed by atoms with Crippen LogP contribution in [0.25, 0.3) is 0 Å². The van der Waals surface area contributed by atoms with Crippen LogP contribution in [0.3, 0.4) is 0 Å². The minimum Gasteiger partial charge on any atom is -0.393 e. The van der Waals surface area contributed by atoms with Gasteiger partial charge in [-0.15, -0.1) is 0 Å². The zero-order chi connectivity index (χ0) is 14.4. The number of carbonyl (C=O) groups excluding carboxylic acids is 1. The average Bonchev–Trinajstić information content (AvgIpc) is 2.39. The summed E-state index contributed by atoms with van der Waals surface area (Å²) in [6, 6.07) is 4.17. The van der Waals surface area contributed by atoms with Gasteiger partial charge in [0.25, 0.3) is 11.6 Å². The quantitative estimate of drug-likeness (QED) is 0.486. The number of nitro groups is 1. The Balaban J connectivity index is 2.98. The minimum absolute atomic E-state index is 0.0677. The maximum atomic E-state index is 12.2. The molecule has 0 aromatic heterocycles. The third kappa shape index (κ3) is 3.67. The molecule has 6 nitrogen and oxygen atoms in total. The summed E-state index contributed by atoms with van der Waals surface area (Å²) in [5, 5.41) is 10.8. The van der Waals surface area contributed by atoms with Gasteiger partial charge in [-0.25, -0.2) is 0 Å². The highest BCUT2D eigenvalue weighted by Crippen LogP contribution is 2.23. The fourth-order valence-electron chi connectivity index (χ4n) is 1.77. The molecule has 1 rings (SSSR count). The van der Waals surface area contributed by atoms with Crippen molar-refractivity contribution >= 4 is 17.3 Å². The normalized spacial score (nSPS) is 10.2. The van der Waals surface area contributed by atoms with Gasteiger partial charge in [0.1, 0.15) is 5.69 Å². The molecule has 0 unspecified atom stereocenters. The van der Waals surface area contributed by atoms with Crippen molar-refractivity contribution in [3.8, 4) is 0 Å². The lowest BCUT2D eigenvalue weighted by molar-refractivity contribution is -0.383. The van der Waals surface area contributed by atoms with E-state index in [0.717, 1.165) is 12.8 Å². The van der Waals surface area contributed by atoms with Crippen molar-refractivity contribution in [3.63, 3.8) is 0 Å². The second kappa shape index (κ2) is 6.72. The zero-order valence-electron chi connectivity index (χ0n) is 11.3. The number of rotatable bonds is 6. The summed E-state index contributed by atoms with van der Waals surface area (Å²) in [5.41, 5.74) is 5.66. The highest BCUT2D eigenvalue weighted by molar-refractivity contribution is 5.95. The van der Waals surface area contributed by atoms with Gasteiger partial charge in [0.2, 0.25) is 0 Å². The maximum absolute atomic E-state index is 12.2. The Morgan fingerprint density at radius 3 is 2.63 bits per heavy atom. The van der Waals surface area contributed by atoms with Crippen molar-refractivity contribution in [2.45, 2.75) is 26.7 Å². The molecular formula is C13H19N3O3. The minimum atomic E-state index is -0.575. The molecule has 1 aromatic rings. The lowest BCUT2D eigenvalue weighted by atomic mass is 10.1. The molecule has 2 N–H and O–H groups in total. The lowest BCUT2D eigenvalue weighted by Gasteiger charge is -2.20. The van der Waals surface area contributed by atoms with E-state index in [4.69, 9.17) is 5.73 Å². The van der Waals surface area contributed by atoms with Gasteiger partial charge in [0, 0.05) is 24.7 Å². The number of hydrogen-bond donors (Lipinski definition) is 1. The van der Waals surface area contributed by atoms with Crippen LogP contribution in [-0.2, 0) is 0 Å². The summed E-state index contributed by atoms with van der Waals surface area (Å²) in [5.74, 6) is -0.195. The molecule has 0 fully saturated rings. The smallest absolute Gasteiger partial charge is 0.292 e. The number of nitro benzene ring substituents is 1. The van der Waals surface area contributed by atoms with Crippen molar-refractivity contribution < 1.29 is 9.72 Å². The van der Waals surface area contributed by atoms with Gasteiger partial charge in [-0.05, 0) is 25.5 Å². The largest absolute Gasteiger partial charge is 0.393 e. The van der Waals surface area contributed by atoms with E-state index in [9.17, 15) is 14.9 Å². The average molecular weight is 265 g/mol. The highest BCUT2D eigenvalue weighted by Gasteiger charge is 2.18. The van der Waals surface area contributed by atoms with E-state index in [-0.39, 0.29) is 17.3 Å². The van der Waals surface area contributed by atoms with Crippen molar-refractivity contribution in [3.05, 3.63) is 33.9 Å². The third-order valence-corrected chi connectivity index (χ3v) is 2.92. The van der Waals surface area contributed by atoms with E-state index in [0.29, 0.717) is 18.7 Å². The maximum Gasteiger partial charge on any atom is 0.292 e. The molecule has 1 aromatic carbocycles. The van der Waals surface area contributed by atoms with Crippen molar-refractivity contribution in [1.82, 2.24) is 4.90 Å². The number of benzene rings is 1. The molecule has 0 saturated carbocycles. The van der Waals surface area contributed by atoms with E-state index in [1.54, 1.807) is 4.90 Å². The van der Waals surface area contributed by atoms with Crippen LogP contribution in [0, 0.1) is 10.1 Å². The topological polar surface area (TPSA) is 89.5 Å². The Kier molecular flexibility index (Phi) is 5.29. The van der Waals surface area contributed by atoms with Gasteiger partial charge in [0.05, 0.1) is 4.92 Å². The van der Waals surface area contributed by atoms with E-state index < -0.39 is 4.92 Å². The van der Waals surface area contributed by atoms with Crippen LogP contribution in [0.15, 0.2) is 18.2 Å². The summed E-state index contributed by atoms with van der Waals surface area (Å²) in [6.07, 6.45) is 1.91. The molecule has 0 bridgehead atoms. The number of unbranched alkanes of at least 4 members (excludes halogenated alkanes) is 1.